The second-order valence-corrected chi connectivity index (χ2v) is 5.18. The van der Waals surface area contributed by atoms with Gasteiger partial charge in [-0.3, -0.25) is 14.6 Å². The molecule has 0 aliphatic carbocycles. The van der Waals surface area contributed by atoms with Crippen molar-refractivity contribution in [3.05, 3.63) is 48.0 Å². The summed E-state index contributed by atoms with van der Waals surface area (Å²) in [5.41, 5.74) is 2.56. The van der Waals surface area contributed by atoms with E-state index in [0.717, 1.165) is 32.7 Å². The Balaban J connectivity index is 0.00000161. The highest BCUT2D eigenvalue weighted by Crippen LogP contribution is 2.23. The lowest BCUT2D eigenvalue weighted by molar-refractivity contribution is 0.153. The summed E-state index contributed by atoms with van der Waals surface area (Å²) in [4.78, 5) is 6.75. The molecule has 5 nitrogen and oxygen atoms in total. The van der Waals surface area contributed by atoms with Gasteiger partial charge < -0.3 is 5.32 Å². The molecule has 1 aliphatic rings. The summed E-state index contributed by atoms with van der Waals surface area (Å²) in [6.45, 7) is 7.05. The number of nitrogens with zero attached hydrogens (tertiary/aromatic N) is 4. The number of hydrogen-bond acceptors (Lipinski definition) is 4. The van der Waals surface area contributed by atoms with Crippen molar-refractivity contribution in [1.29, 1.82) is 0 Å². The number of nitrogens with one attached hydrogen (secondary N) is 1. The van der Waals surface area contributed by atoms with Crippen molar-refractivity contribution in [3.8, 4) is 0 Å². The molecule has 1 fully saturated rings. The first-order valence-electron chi connectivity index (χ1n) is 7.23. The predicted octanol–water partition coefficient (Wildman–Crippen LogP) is 1.87. The van der Waals surface area contributed by atoms with Crippen LogP contribution in [0, 0.1) is 0 Å². The number of piperazine rings is 1. The van der Waals surface area contributed by atoms with Crippen molar-refractivity contribution in [2.75, 3.05) is 19.6 Å². The van der Waals surface area contributed by atoms with Gasteiger partial charge in [-0.2, -0.15) is 5.10 Å². The third-order valence-electron chi connectivity index (χ3n) is 3.82. The van der Waals surface area contributed by atoms with Gasteiger partial charge in [0.15, 0.2) is 0 Å². The topological polar surface area (TPSA) is 46.0 Å². The summed E-state index contributed by atoms with van der Waals surface area (Å²) in [5, 5.41) is 7.84. The average Bonchev–Trinajstić information content (AvgIpc) is 2.96. The second kappa shape index (κ2) is 7.54. The highest BCUT2D eigenvalue weighted by Gasteiger charge is 2.24. The number of aromatic nitrogens is 3. The third-order valence-corrected chi connectivity index (χ3v) is 3.82. The van der Waals surface area contributed by atoms with Crippen LogP contribution in [-0.4, -0.2) is 39.3 Å². The second-order valence-electron chi connectivity index (χ2n) is 5.18. The molecule has 0 amide bonds. The van der Waals surface area contributed by atoms with Crippen LogP contribution >= 0.6 is 12.4 Å². The average molecular weight is 308 g/mol. The molecule has 0 radical (unpaired) electrons. The smallest absolute Gasteiger partial charge is 0.0534 e. The molecule has 21 heavy (non-hydrogen) atoms. The Morgan fingerprint density at radius 1 is 1.38 bits per heavy atom. The van der Waals surface area contributed by atoms with Crippen LogP contribution in [0.4, 0.5) is 0 Å². The zero-order chi connectivity index (χ0) is 13.8. The fraction of sp³-hybridized carbons (Fsp3) is 0.467. The summed E-state index contributed by atoms with van der Waals surface area (Å²) in [6.07, 6.45) is 7.92. The van der Waals surface area contributed by atoms with Crippen molar-refractivity contribution < 1.29 is 0 Å². The van der Waals surface area contributed by atoms with Gasteiger partial charge in [0.1, 0.15) is 0 Å². The number of rotatable bonds is 4. The maximum Gasteiger partial charge on any atom is 0.0534 e. The maximum atomic E-state index is 4.36. The van der Waals surface area contributed by atoms with Crippen LogP contribution < -0.4 is 5.32 Å². The lowest BCUT2D eigenvalue weighted by atomic mass is 10.0. The van der Waals surface area contributed by atoms with E-state index in [0.29, 0.717) is 6.04 Å². The minimum absolute atomic E-state index is 0. The normalized spacial score (nSPS) is 19.2. The summed E-state index contributed by atoms with van der Waals surface area (Å²) < 4.78 is 1.98. The highest BCUT2D eigenvalue weighted by molar-refractivity contribution is 5.85. The Kier molecular flexibility index (Phi) is 5.73. The van der Waals surface area contributed by atoms with Gasteiger partial charge in [-0.25, -0.2) is 0 Å². The molecular weight excluding hydrogens is 286 g/mol. The largest absolute Gasteiger partial charge is 0.314 e. The SMILES string of the molecule is CCn1cc(CN2CCNCC2c2cccnc2)cn1.Cl. The van der Waals surface area contributed by atoms with E-state index in [1.54, 1.807) is 0 Å². The Bertz CT molecular complexity index is 542. The molecule has 2 aromatic heterocycles. The Hall–Kier alpha value is -1.43. The van der Waals surface area contributed by atoms with Gasteiger partial charge in [0.05, 0.1) is 6.20 Å². The molecule has 1 aliphatic heterocycles. The first-order valence-corrected chi connectivity index (χ1v) is 7.23. The van der Waals surface area contributed by atoms with E-state index in [1.807, 2.05) is 29.3 Å². The minimum atomic E-state index is 0. The molecule has 3 rings (SSSR count). The molecule has 0 spiro atoms. The zero-order valence-corrected chi connectivity index (χ0v) is 13.1. The van der Waals surface area contributed by atoms with E-state index in [9.17, 15) is 0 Å². The minimum Gasteiger partial charge on any atom is -0.314 e. The van der Waals surface area contributed by atoms with Gasteiger partial charge in [-0.05, 0) is 18.6 Å². The third kappa shape index (κ3) is 3.81. The van der Waals surface area contributed by atoms with Crippen molar-refractivity contribution in [3.63, 3.8) is 0 Å². The molecule has 0 bridgehead atoms. The van der Waals surface area contributed by atoms with E-state index < -0.39 is 0 Å². The monoisotopic (exact) mass is 307 g/mol. The molecule has 0 saturated carbocycles. The van der Waals surface area contributed by atoms with Crippen molar-refractivity contribution >= 4 is 12.4 Å². The lowest BCUT2D eigenvalue weighted by Crippen LogP contribution is -2.45. The first kappa shape index (κ1) is 15.9. The molecule has 0 aromatic carbocycles. The molecule has 1 saturated heterocycles. The fourth-order valence-corrected chi connectivity index (χ4v) is 2.73. The number of aryl methyl sites for hydroxylation is 1. The van der Waals surface area contributed by atoms with E-state index in [4.69, 9.17) is 0 Å². The van der Waals surface area contributed by atoms with Gasteiger partial charge in [0, 0.05) is 62.9 Å². The lowest BCUT2D eigenvalue weighted by Gasteiger charge is -2.36. The number of pyridine rings is 1. The zero-order valence-electron chi connectivity index (χ0n) is 12.3. The van der Waals surface area contributed by atoms with Crippen LogP contribution in [-0.2, 0) is 13.1 Å². The van der Waals surface area contributed by atoms with Crippen LogP contribution in [0.25, 0.3) is 0 Å². The summed E-state index contributed by atoms with van der Waals surface area (Å²) in [7, 11) is 0. The molecule has 114 valence electrons. The highest BCUT2D eigenvalue weighted by atomic mass is 35.5. The van der Waals surface area contributed by atoms with Crippen molar-refractivity contribution in [1.82, 2.24) is 25.0 Å². The summed E-state index contributed by atoms with van der Waals surface area (Å²) in [6, 6.07) is 4.56. The van der Waals surface area contributed by atoms with Gasteiger partial charge in [0.25, 0.3) is 0 Å². The Morgan fingerprint density at radius 2 is 2.29 bits per heavy atom. The van der Waals surface area contributed by atoms with Gasteiger partial charge in [-0.15, -0.1) is 12.4 Å². The molecule has 1 N–H and O–H groups in total. The number of halogens is 1. The van der Waals surface area contributed by atoms with Gasteiger partial charge in [0.2, 0.25) is 0 Å². The van der Waals surface area contributed by atoms with Crippen LogP contribution in [0.15, 0.2) is 36.9 Å². The van der Waals surface area contributed by atoms with E-state index in [1.165, 1.54) is 11.1 Å². The molecule has 1 unspecified atom stereocenters. The van der Waals surface area contributed by atoms with Crippen LogP contribution in [0.2, 0.25) is 0 Å². The number of hydrogen-bond donors (Lipinski definition) is 1. The standard InChI is InChI=1S/C15H21N5.ClH/c1-2-20-12-13(8-18-20)11-19-7-6-17-10-15(19)14-4-3-5-16-9-14;/h3-5,8-9,12,15,17H,2,6-7,10-11H2,1H3;1H. The summed E-state index contributed by atoms with van der Waals surface area (Å²) in [5.74, 6) is 0. The fourth-order valence-electron chi connectivity index (χ4n) is 2.73. The molecule has 1 atom stereocenters. The van der Waals surface area contributed by atoms with E-state index in [2.05, 4.69) is 39.5 Å². The maximum absolute atomic E-state index is 4.36. The van der Waals surface area contributed by atoms with E-state index in [-0.39, 0.29) is 12.4 Å². The summed E-state index contributed by atoms with van der Waals surface area (Å²) >= 11 is 0. The van der Waals surface area contributed by atoms with Crippen LogP contribution in [0.5, 0.6) is 0 Å². The van der Waals surface area contributed by atoms with Crippen molar-refractivity contribution in [2.45, 2.75) is 26.1 Å². The van der Waals surface area contributed by atoms with Crippen LogP contribution in [0.1, 0.15) is 24.1 Å². The molecule has 6 heteroatoms. The first-order chi connectivity index (χ1) is 9.86. The van der Waals surface area contributed by atoms with E-state index >= 15 is 0 Å². The van der Waals surface area contributed by atoms with Crippen LogP contribution in [0.3, 0.4) is 0 Å². The molecule has 2 aromatic rings. The van der Waals surface area contributed by atoms with Gasteiger partial charge >= 0.3 is 0 Å². The predicted molar refractivity (Wildman–Crippen MR) is 85.4 cm³/mol. The molecule has 3 heterocycles. The molecular formula is C15H22ClN5. The quantitative estimate of drug-likeness (QED) is 0.936. The Labute approximate surface area is 131 Å². The van der Waals surface area contributed by atoms with Gasteiger partial charge in [-0.1, -0.05) is 6.07 Å². The Morgan fingerprint density at radius 3 is 3.00 bits per heavy atom. The van der Waals surface area contributed by atoms with Crippen molar-refractivity contribution in [2.24, 2.45) is 0 Å².